The molecule has 0 aliphatic carbocycles. The minimum absolute atomic E-state index is 0.0999. The van der Waals surface area contributed by atoms with Crippen LogP contribution in [0.2, 0.25) is 5.02 Å². The predicted octanol–water partition coefficient (Wildman–Crippen LogP) is 3.59. The highest BCUT2D eigenvalue weighted by molar-refractivity contribution is 6.33. The number of nitrogens with zero attached hydrogens (tertiary/aromatic N) is 1. The largest absolute Gasteiger partial charge is 0.454 e. The van der Waals surface area contributed by atoms with Crippen LogP contribution in [0.4, 0.5) is 11.4 Å². The van der Waals surface area contributed by atoms with Gasteiger partial charge in [0.2, 0.25) is 6.79 Å². The fraction of sp³-hybridized carbons (Fsp3) is 0.143. The molecular formula is C14H11ClN2O4. The lowest BCUT2D eigenvalue weighted by Crippen LogP contribution is -2.04. The summed E-state index contributed by atoms with van der Waals surface area (Å²) in [6.07, 6.45) is 0. The molecule has 0 unspecified atom stereocenters. The Morgan fingerprint density at radius 3 is 2.86 bits per heavy atom. The summed E-state index contributed by atoms with van der Waals surface area (Å²) < 4.78 is 10.7. The summed E-state index contributed by atoms with van der Waals surface area (Å²) in [6.45, 7) is 0.553. The highest BCUT2D eigenvalue weighted by atomic mass is 35.5. The maximum atomic E-state index is 11.1. The Kier molecular flexibility index (Phi) is 3.53. The van der Waals surface area contributed by atoms with Crippen molar-refractivity contribution in [3.63, 3.8) is 0 Å². The fourth-order valence-corrected chi connectivity index (χ4v) is 2.41. The van der Waals surface area contributed by atoms with Gasteiger partial charge in [0.15, 0.2) is 11.5 Å². The lowest BCUT2D eigenvalue weighted by atomic mass is 10.1. The van der Waals surface area contributed by atoms with E-state index in [4.69, 9.17) is 21.1 Å². The summed E-state index contributed by atoms with van der Waals surface area (Å²) in [7, 11) is 0. The van der Waals surface area contributed by atoms with E-state index in [9.17, 15) is 10.1 Å². The number of hydrogen-bond donors (Lipinski definition) is 1. The number of benzene rings is 2. The number of para-hydroxylation sites is 2. The Hall–Kier alpha value is -2.47. The molecule has 0 amide bonds. The molecule has 108 valence electrons. The Morgan fingerprint density at radius 1 is 1.24 bits per heavy atom. The van der Waals surface area contributed by atoms with Gasteiger partial charge in [-0.2, -0.15) is 0 Å². The van der Waals surface area contributed by atoms with Crippen LogP contribution in [0, 0.1) is 10.1 Å². The van der Waals surface area contributed by atoms with Gasteiger partial charge in [-0.15, -0.1) is 0 Å². The van der Waals surface area contributed by atoms with Crippen LogP contribution in [0.3, 0.4) is 0 Å². The molecular weight excluding hydrogens is 296 g/mol. The average molecular weight is 307 g/mol. The Bertz CT molecular complexity index is 705. The molecule has 0 saturated carbocycles. The highest BCUT2D eigenvalue weighted by Gasteiger charge is 2.20. The third-order valence-corrected chi connectivity index (χ3v) is 3.42. The highest BCUT2D eigenvalue weighted by Crippen LogP contribution is 2.37. The third kappa shape index (κ3) is 2.57. The molecule has 0 bridgehead atoms. The van der Waals surface area contributed by atoms with E-state index in [0.29, 0.717) is 23.7 Å². The van der Waals surface area contributed by atoms with Crippen LogP contribution >= 0.6 is 11.6 Å². The van der Waals surface area contributed by atoms with Crippen molar-refractivity contribution in [1.82, 2.24) is 0 Å². The minimum Gasteiger partial charge on any atom is -0.454 e. The number of ether oxygens (including phenoxy) is 2. The lowest BCUT2D eigenvalue weighted by Gasteiger charge is -2.09. The van der Waals surface area contributed by atoms with Crippen molar-refractivity contribution in [2.24, 2.45) is 0 Å². The maximum Gasteiger partial charge on any atom is 0.310 e. The molecule has 1 aliphatic heterocycles. The van der Waals surface area contributed by atoms with E-state index in [1.807, 2.05) is 18.2 Å². The Morgan fingerprint density at radius 2 is 2.05 bits per heavy atom. The number of halogens is 1. The second kappa shape index (κ2) is 5.49. The van der Waals surface area contributed by atoms with Crippen molar-refractivity contribution in [3.05, 3.63) is 57.1 Å². The van der Waals surface area contributed by atoms with Gasteiger partial charge in [0.1, 0.15) is 10.7 Å². The fourth-order valence-electron chi connectivity index (χ4n) is 2.16. The number of anilines is 1. The van der Waals surface area contributed by atoms with E-state index in [2.05, 4.69) is 5.32 Å². The maximum absolute atomic E-state index is 11.1. The van der Waals surface area contributed by atoms with E-state index in [1.54, 1.807) is 12.1 Å². The summed E-state index contributed by atoms with van der Waals surface area (Å²) in [5.41, 5.74) is 1.09. The molecule has 0 saturated heterocycles. The first-order chi connectivity index (χ1) is 10.2. The Balaban J connectivity index is 1.85. The number of rotatable bonds is 4. The monoisotopic (exact) mass is 306 g/mol. The van der Waals surface area contributed by atoms with Gasteiger partial charge >= 0.3 is 5.69 Å². The van der Waals surface area contributed by atoms with Gasteiger partial charge in [0, 0.05) is 12.1 Å². The van der Waals surface area contributed by atoms with Crippen molar-refractivity contribution >= 4 is 23.0 Å². The smallest absolute Gasteiger partial charge is 0.310 e. The summed E-state index contributed by atoms with van der Waals surface area (Å²) in [6, 6.07) is 10.3. The lowest BCUT2D eigenvalue weighted by molar-refractivity contribution is -0.383. The molecule has 3 rings (SSSR count). The molecule has 0 atom stereocenters. The van der Waals surface area contributed by atoms with Crippen LogP contribution in [0.15, 0.2) is 36.4 Å². The van der Waals surface area contributed by atoms with Gasteiger partial charge < -0.3 is 14.8 Å². The summed E-state index contributed by atoms with van der Waals surface area (Å²) in [4.78, 5) is 10.6. The number of nitro groups is 1. The van der Waals surface area contributed by atoms with Gasteiger partial charge in [-0.05, 0) is 18.2 Å². The second-order valence-electron chi connectivity index (χ2n) is 4.40. The van der Waals surface area contributed by atoms with Crippen LogP contribution in [-0.2, 0) is 6.54 Å². The van der Waals surface area contributed by atoms with Crippen molar-refractivity contribution in [1.29, 1.82) is 0 Å². The molecule has 21 heavy (non-hydrogen) atoms. The summed E-state index contributed by atoms with van der Waals surface area (Å²) >= 11 is 5.87. The van der Waals surface area contributed by atoms with Gasteiger partial charge in [-0.1, -0.05) is 29.8 Å². The molecule has 2 aromatic carbocycles. The molecule has 0 spiro atoms. The summed E-state index contributed by atoms with van der Waals surface area (Å²) in [5, 5.41) is 14.2. The van der Waals surface area contributed by atoms with Crippen LogP contribution < -0.4 is 14.8 Å². The predicted molar refractivity (Wildman–Crippen MR) is 78.0 cm³/mol. The van der Waals surface area contributed by atoms with E-state index in [-0.39, 0.29) is 17.5 Å². The van der Waals surface area contributed by atoms with Crippen LogP contribution in [-0.4, -0.2) is 11.7 Å². The van der Waals surface area contributed by atoms with E-state index < -0.39 is 4.92 Å². The standard InChI is InChI=1S/C14H11ClN2O4/c15-10-4-2-5-11(13(10)17(18)19)16-7-9-3-1-6-12-14(9)21-8-20-12/h1-6,16H,7-8H2. The minimum atomic E-state index is -0.500. The number of nitro benzene ring substituents is 1. The molecule has 7 heteroatoms. The first-order valence-electron chi connectivity index (χ1n) is 6.21. The first kappa shape index (κ1) is 13.5. The zero-order valence-electron chi connectivity index (χ0n) is 10.8. The van der Waals surface area contributed by atoms with Crippen LogP contribution in [0.25, 0.3) is 0 Å². The van der Waals surface area contributed by atoms with E-state index >= 15 is 0 Å². The third-order valence-electron chi connectivity index (χ3n) is 3.12. The van der Waals surface area contributed by atoms with Crippen LogP contribution in [0.1, 0.15) is 5.56 Å². The van der Waals surface area contributed by atoms with Crippen molar-refractivity contribution in [3.8, 4) is 11.5 Å². The zero-order valence-corrected chi connectivity index (χ0v) is 11.6. The Labute approximate surface area is 125 Å². The first-order valence-corrected chi connectivity index (χ1v) is 6.59. The molecule has 1 heterocycles. The SMILES string of the molecule is O=[N+]([O-])c1c(Cl)cccc1NCc1cccc2c1OCO2. The van der Waals surface area contributed by atoms with Gasteiger partial charge in [-0.25, -0.2) is 0 Å². The molecule has 0 radical (unpaired) electrons. The van der Waals surface area contributed by atoms with Gasteiger partial charge in [0.25, 0.3) is 0 Å². The number of hydrogen-bond acceptors (Lipinski definition) is 5. The second-order valence-corrected chi connectivity index (χ2v) is 4.80. The summed E-state index contributed by atoms with van der Waals surface area (Å²) in [5.74, 6) is 1.34. The quantitative estimate of drug-likeness (QED) is 0.690. The number of nitrogens with one attached hydrogen (secondary N) is 1. The molecule has 0 fully saturated rings. The molecule has 6 nitrogen and oxygen atoms in total. The van der Waals surface area contributed by atoms with E-state index in [0.717, 1.165) is 5.56 Å². The average Bonchev–Trinajstić information content (AvgIpc) is 2.93. The molecule has 1 N–H and O–H groups in total. The zero-order chi connectivity index (χ0) is 14.8. The van der Waals surface area contributed by atoms with Gasteiger partial charge in [-0.3, -0.25) is 10.1 Å². The van der Waals surface area contributed by atoms with E-state index in [1.165, 1.54) is 6.07 Å². The van der Waals surface area contributed by atoms with Crippen molar-refractivity contribution in [2.75, 3.05) is 12.1 Å². The normalized spacial score (nSPS) is 12.2. The molecule has 1 aliphatic rings. The molecule has 2 aromatic rings. The topological polar surface area (TPSA) is 73.6 Å². The van der Waals surface area contributed by atoms with Crippen molar-refractivity contribution in [2.45, 2.75) is 6.54 Å². The van der Waals surface area contributed by atoms with Crippen LogP contribution in [0.5, 0.6) is 11.5 Å². The van der Waals surface area contributed by atoms with Gasteiger partial charge in [0.05, 0.1) is 4.92 Å². The number of fused-ring (bicyclic) bond motifs is 1. The van der Waals surface area contributed by atoms with Crippen molar-refractivity contribution < 1.29 is 14.4 Å². The molecule has 0 aromatic heterocycles.